The average Bonchev–Trinajstić information content (AvgIpc) is 2.52. The van der Waals surface area contributed by atoms with Gasteiger partial charge in [-0.05, 0) is 25.2 Å². The predicted octanol–water partition coefficient (Wildman–Crippen LogP) is 2.31. The van der Waals surface area contributed by atoms with Crippen molar-refractivity contribution >= 4 is 14.0 Å². The number of piperazine rings is 1. The van der Waals surface area contributed by atoms with Gasteiger partial charge in [0.25, 0.3) is 5.91 Å². The Morgan fingerprint density at radius 1 is 1.17 bits per heavy atom. The molecule has 1 amide bonds. The summed E-state index contributed by atoms with van der Waals surface area (Å²) in [6.07, 6.45) is 0. The summed E-state index contributed by atoms with van der Waals surface area (Å²) in [7, 11) is 2.26. The average molecular weight is 331 g/mol. The number of hydrogen-bond donors (Lipinski definition) is 0. The smallest absolute Gasteiger partial charge is 0.254 e. The first-order valence-corrected chi connectivity index (χ1v) is 11.5. The van der Waals surface area contributed by atoms with Crippen molar-refractivity contribution in [3.63, 3.8) is 0 Å². The Kier molecular flexibility index (Phi) is 5.50. The molecule has 0 aromatic heterocycles. The van der Waals surface area contributed by atoms with E-state index in [4.69, 9.17) is 4.74 Å². The molecule has 0 bridgehead atoms. The van der Waals surface area contributed by atoms with Crippen LogP contribution in [0.4, 0.5) is 0 Å². The van der Waals surface area contributed by atoms with E-state index in [2.05, 4.69) is 43.1 Å². The van der Waals surface area contributed by atoms with Crippen molar-refractivity contribution in [2.45, 2.75) is 19.6 Å². The summed E-state index contributed by atoms with van der Waals surface area (Å²) in [5.74, 6) is 3.96. The summed E-state index contributed by atoms with van der Waals surface area (Å²) in [6.45, 7) is 10.0. The van der Waals surface area contributed by atoms with Gasteiger partial charge in [0.05, 0.1) is 12.7 Å². The second-order valence-corrected chi connectivity index (χ2v) is 11.8. The van der Waals surface area contributed by atoms with E-state index >= 15 is 0 Å². The molecule has 0 atom stereocenters. The number of carbonyl (C=O) groups excluding carboxylic acids is 1. The number of likely N-dealkylation sites (N-methyl/N-ethyl adjacent to an activating group) is 1. The molecule has 1 heterocycles. The number of ether oxygens (including phenoxy) is 1. The van der Waals surface area contributed by atoms with Crippen molar-refractivity contribution in [1.82, 2.24) is 9.80 Å². The molecule has 0 saturated carbocycles. The summed E-state index contributed by atoms with van der Waals surface area (Å²) >= 11 is 0. The topological polar surface area (TPSA) is 32.8 Å². The maximum absolute atomic E-state index is 12.6. The van der Waals surface area contributed by atoms with E-state index in [1.54, 1.807) is 7.11 Å². The van der Waals surface area contributed by atoms with E-state index in [0.717, 1.165) is 31.7 Å². The van der Waals surface area contributed by atoms with Crippen LogP contribution < -0.4 is 4.74 Å². The molecule has 124 valence electrons. The van der Waals surface area contributed by atoms with Crippen LogP contribution in [0.2, 0.25) is 19.6 Å². The number of hydrogen-bond acceptors (Lipinski definition) is 3. The molecule has 0 unspecified atom stereocenters. The minimum Gasteiger partial charge on any atom is -0.495 e. The molecule has 1 aliphatic heterocycles. The van der Waals surface area contributed by atoms with E-state index in [1.165, 1.54) is 0 Å². The van der Waals surface area contributed by atoms with E-state index in [-0.39, 0.29) is 5.91 Å². The van der Waals surface area contributed by atoms with E-state index < -0.39 is 8.07 Å². The lowest BCUT2D eigenvalue weighted by Gasteiger charge is -2.32. The fourth-order valence-electron chi connectivity index (χ4n) is 2.37. The molecule has 5 heteroatoms. The Balaban J connectivity index is 2.21. The van der Waals surface area contributed by atoms with Gasteiger partial charge in [-0.2, -0.15) is 0 Å². The third kappa shape index (κ3) is 4.85. The SMILES string of the molecule is COc1cc(C(=O)N2CCN(C)CC2)ccc1C#C[Si](C)(C)C. The van der Waals surface area contributed by atoms with Gasteiger partial charge in [0.2, 0.25) is 0 Å². The third-order valence-electron chi connectivity index (χ3n) is 3.81. The lowest BCUT2D eigenvalue weighted by Crippen LogP contribution is -2.47. The highest BCUT2D eigenvalue weighted by atomic mass is 28.3. The first-order chi connectivity index (χ1) is 10.8. The fraction of sp³-hybridized carbons (Fsp3) is 0.500. The Hall–Kier alpha value is -1.77. The van der Waals surface area contributed by atoms with Crippen LogP contribution >= 0.6 is 0 Å². The van der Waals surface area contributed by atoms with Gasteiger partial charge in [0.1, 0.15) is 13.8 Å². The summed E-state index contributed by atoms with van der Waals surface area (Å²) in [4.78, 5) is 16.8. The fourth-order valence-corrected chi connectivity index (χ4v) is 2.88. The van der Waals surface area contributed by atoms with Crippen LogP contribution in [0.3, 0.4) is 0 Å². The summed E-state index contributed by atoms with van der Waals surface area (Å²) in [5.41, 5.74) is 4.86. The number of methoxy groups -OCH3 is 1. The van der Waals surface area contributed by atoms with Crippen LogP contribution in [0.25, 0.3) is 0 Å². The first-order valence-electron chi connectivity index (χ1n) is 7.99. The largest absolute Gasteiger partial charge is 0.495 e. The lowest BCUT2D eigenvalue weighted by molar-refractivity contribution is 0.0664. The molecule has 1 aromatic carbocycles. The molecule has 0 radical (unpaired) electrons. The third-order valence-corrected chi connectivity index (χ3v) is 4.69. The van der Waals surface area contributed by atoms with Gasteiger partial charge in [-0.15, -0.1) is 5.54 Å². The maximum Gasteiger partial charge on any atom is 0.254 e. The van der Waals surface area contributed by atoms with Crippen LogP contribution in [-0.4, -0.2) is 64.1 Å². The van der Waals surface area contributed by atoms with Crippen molar-refractivity contribution in [2.75, 3.05) is 40.3 Å². The molecule has 1 aliphatic rings. The van der Waals surface area contributed by atoms with Gasteiger partial charge in [0.15, 0.2) is 0 Å². The molecule has 1 aromatic rings. The molecular formula is C18H26N2O2Si. The summed E-state index contributed by atoms with van der Waals surface area (Å²) < 4.78 is 5.44. The molecule has 0 spiro atoms. The molecule has 4 nitrogen and oxygen atoms in total. The zero-order valence-electron chi connectivity index (χ0n) is 14.8. The Labute approximate surface area is 140 Å². The number of benzene rings is 1. The Morgan fingerprint density at radius 2 is 1.83 bits per heavy atom. The second kappa shape index (κ2) is 7.20. The zero-order valence-corrected chi connectivity index (χ0v) is 15.8. The standard InChI is InChI=1S/C18H26N2O2Si/c1-19-9-11-20(12-10-19)18(21)16-7-6-15(17(14-16)22-2)8-13-23(3,4)5/h6-7,14H,9-12H2,1-5H3. The minimum absolute atomic E-state index is 0.0705. The maximum atomic E-state index is 12.6. The number of carbonyl (C=O) groups is 1. The minimum atomic E-state index is -1.44. The van der Waals surface area contributed by atoms with Crippen molar-refractivity contribution in [1.29, 1.82) is 0 Å². The van der Waals surface area contributed by atoms with E-state index in [0.29, 0.717) is 11.3 Å². The summed E-state index contributed by atoms with van der Waals surface area (Å²) in [5, 5.41) is 0. The van der Waals surface area contributed by atoms with Crippen molar-refractivity contribution in [2.24, 2.45) is 0 Å². The van der Waals surface area contributed by atoms with Crippen LogP contribution in [0.1, 0.15) is 15.9 Å². The Bertz CT molecular complexity index is 633. The molecule has 0 N–H and O–H groups in total. The van der Waals surface area contributed by atoms with Gasteiger partial charge in [-0.3, -0.25) is 4.79 Å². The highest BCUT2D eigenvalue weighted by Crippen LogP contribution is 2.21. The summed E-state index contributed by atoms with van der Waals surface area (Å²) in [6, 6.07) is 5.57. The quantitative estimate of drug-likeness (QED) is 0.616. The van der Waals surface area contributed by atoms with Gasteiger partial charge in [0, 0.05) is 31.7 Å². The van der Waals surface area contributed by atoms with Crippen LogP contribution in [0.15, 0.2) is 18.2 Å². The predicted molar refractivity (Wildman–Crippen MR) is 96.6 cm³/mol. The van der Waals surface area contributed by atoms with Crippen molar-refractivity contribution in [3.8, 4) is 17.2 Å². The van der Waals surface area contributed by atoms with Crippen molar-refractivity contribution in [3.05, 3.63) is 29.3 Å². The second-order valence-electron chi connectivity index (χ2n) is 7.01. The van der Waals surface area contributed by atoms with E-state index in [1.807, 2.05) is 23.1 Å². The highest BCUT2D eigenvalue weighted by Gasteiger charge is 2.21. The van der Waals surface area contributed by atoms with Crippen molar-refractivity contribution < 1.29 is 9.53 Å². The highest BCUT2D eigenvalue weighted by molar-refractivity contribution is 6.83. The number of amides is 1. The van der Waals surface area contributed by atoms with Crippen LogP contribution in [0.5, 0.6) is 5.75 Å². The van der Waals surface area contributed by atoms with Crippen LogP contribution in [0, 0.1) is 11.5 Å². The normalized spacial score (nSPS) is 15.8. The lowest BCUT2D eigenvalue weighted by atomic mass is 10.1. The number of nitrogens with zero attached hydrogens (tertiary/aromatic N) is 2. The molecular weight excluding hydrogens is 304 g/mol. The van der Waals surface area contributed by atoms with E-state index in [9.17, 15) is 4.79 Å². The molecule has 2 rings (SSSR count). The molecule has 0 aliphatic carbocycles. The molecule has 1 saturated heterocycles. The Morgan fingerprint density at radius 3 is 2.39 bits per heavy atom. The first kappa shape index (κ1) is 17.6. The van der Waals surface area contributed by atoms with Gasteiger partial charge < -0.3 is 14.5 Å². The van der Waals surface area contributed by atoms with Crippen LogP contribution in [-0.2, 0) is 0 Å². The van der Waals surface area contributed by atoms with Gasteiger partial charge >= 0.3 is 0 Å². The van der Waals surface area contributed by atoms with Gasteiger partial charge in [-0.25, -0.2) is 0 Å². The molecule has 23 heavy (non-hydrogen) atoms. The molecule has 1 fully saturated rings. The number of rotatable bonds is 2. The van der Waals surface area contributed by atoms with Gasteiger partial charge in [-0.1, -0.05) is 25.6 Å². The monoisotopic (exact) mass is 330 g/mol. The zero-order chi connectivity index (χ0) is 17.0.